The standard InChI is InChI=1S/C37H37Cl2N3O8/c1-47-31-11-10-25(16-33(31)48-2)32(17-26-27(38)18-40-19-28(26)39)49-36(45)24-8-6-22(7-9-24)20-42(35-29(43)4-3-5-30(35)44)37(46)50-34-21-41-14-12-23(34)13-15-41/h3-11,16,18-19,23,32,34,43-44H,12-15,17,20-21H2,1-2H3/p+1/t32-,34-/m0/s1. The molecule has 50 heavy (non-hydrogen) atoms. The lowest BCUT2D eigenvalue weighted by molar-refractivity contribution is -0.377. The molecule has 2 bridgehead atoms. The van der Waals surface area contributed by atoms with Crippen molar-refractivity contribution >= 4 is 41.0 Å². The molecule has 0 aliphatic carbocycles. The molecule has 3 fully saturated rings. The summed E-state index contributed by atoms with van der Waals surface area (Å²) in [6, 6.07) is 16.0. The summed E-state index contributed by atoms with van der Waals surface area (Å²) >= 11 is 12.9. The maximum Gasteiger partial charge on any atom is 0.415 e. The first-order valence-corrected chi connectivity index (χ1v) is 17.0. The zero-order chi connectivity index (χ0) is 35.4. The average Bonchev–Trinajstić information content (AvgIpc) is 3.12. The van der Waals surface area contributed by atoms with Gasteiger partial charge in [-0.1, -0.05) is 47.5 Å². The van der Waals surface area contributed by atoms with Crippen molar-refractivity contribution in [1.29, 1.82) is 0 Å². The number of para-hydroxylation sites is 1. The maximum absolute atomic E-state index is 13.7. The molecule has 11 nitrogen and oxygen atoms in total. The minimum absolute atomic E-state index is 0.0450. The molecular weight excluding hydrogens is 685 g/mol. The second-order valence-corrected chi connectivity index (χ2v) is 13.1. The molecule has 0 unspecified atom stereocenters. The molecule has 0 radical (unpaired) electrons. The maximum atomic E-state index is 13.7. The van der Waals surface area contributed by atoms with Gasteiger partial charge >= 0.3 is 12.1 Å². The largest absolute Gasteiger partial charge is 0.506 e. The van der Waals surface area contributed by atoms with Crippen LogP contribution in [-0.4, -0.2) is 67.1 Å². The van der Waals surface area contributed by atoms with E-state index in [1.54, 1.807) is 54.9 Å². The Morgan fingerprint density at radius 2 is 1.60 bits per heavy atom. The Morgan fingerprint density at radius 1 is 0.940 bits per heavy atom. The molecule has 3 aliphatic heterocycles. The fourth-order valence-corrected chi connectivity index (χ4v) is 7.06. The Hall–Kier alpha value is -4.71. The van der Waals surface area contributed by atoms with Gasteiger partial charge in [-0.2, -0.15) is 0 Å². The second-order valence-electron chi connectivity index (χ2n) is 12.3. The Morgan fingerprint density at radius 3 is 2.20 bits per heavy atom. The molecule has 3 saturated heterocycles. The average molecular weight is 724 g/mol. The number of phenolic OH excluding ortho intramolecular Hbond substituents is 2. The number of nitrogens with one attached hydrogen (secondary N) is 1. The van der Waals surface area contributed by atoms with E-state index in [9.17, 15) is 19.8 Å². The number of ether oxygens (including phenoxy) is 4. The number of piperidine rings is 3. The molecule has 7 rings (SSSR count). The van der Waals surface area contributed by atoms with Crippen molar-refractivity contribution in [2.24, 2.45) is 5.92 Å². The van der Waals surface area contributed by atoms with Gasteiger partial charge in [0.05, 0.1) is 26.3 Å². The highest BCUT2D eigenvalue weighted by atomic mass is 35.5. The topological polar surface area (TPSA) is 132 Å². The predicted molar refractivity (Wildman–Crippen MR) is 186 cm³/mol. The first kappa shape index (κ1) is 35.1. The molecule has 4 heterocycles. The van der Waals surface area contributed by atoms with E-state index in [-0.39, 0.29) is 47.7 Å². The molecule has 262 valence electrons. The number of rotatable bonds is 11. The Balaban J connectivity index is 1.23. The molecule has 0 saturated carbocycles. The van der Waals surface area contributed by atoms with Gasteiger partial charge in [0.1, 0.15) is 39.4 Å². The van der Waals surface area contributed by atoms with Crippen molar-refractivity contribution in [2.75, 3.05) is 38.8 Å². The number of aromatic amines is 1. The number of carbonyl (C=O) groups is 2. The molecule has 1 aromatic heterocycles. The van der Waals surface area contributed by atoms with Gasteiger partial charge in [0.2, 0.25) is 0 Å². The van der Waals surface area contributed by atoms with Gasteiger partial charge in [-0.15, -0.1) is 0 Å². The van der Waals surface area contributed by atoms with Crippen LogP contribution in [0.25, 0.3) is 0 Å². The normalized spacial score (nSPS) is 18.6. The number of nitrogens with zero attached hydrogens (tertiary/aromatic N) is 2. The van der Waals surface area contributed by atoms with E-state index in [2.05, 4.69) is 9.88 Å². The zero-order valence-corrected chi connectivity index (χ0v) is 29.1. The van der Waals surface area contributed by atoms with Gasteiger partial charge < -0.3 is 29.2 Å². The number of aromatic nitrogens is 1. The molecule has 3 aliphatic rings. The van der Waals surface area contributed by atoms with E-state index in [1.807, 2.05) is 0 Å². The highest BCUT2D eigenvalue weighted by Crippen LogP contribution is 2.39. The van der Waals surface area contributed by atoms with Crippen molar-refractivity contribution in [3.8, 4) is 23.0 Å². The lowest BCUT2D eigenvalue weighted by atomic mass is 9.86. The van der Waals surface area contributed by atoms with Crippen LogP contribution in [-0.2, 0) is 22.4 Å². The van der Waals surface area contributed by atoms with E-state index in [4.69, 9.17) is 42.1 Å². The first-order valence-electron chi connectivity index (χ1n) is 16.2. The number of anilines is 1. The third-order valence-electron chi connectivity index (χ3n) is 9.28. The minimum atomic E-state index is -0.806. The van der Waals surface area contributed by atoms with Gasteiger partial charge in [-0.05, 0) is 79.4 Å². The number of fused-ring (bicyclic) bond motifs is 3. The van der Waals surface area contributed by atoms with Gasteiger partial charge in [-0.3, -0.25) is 9.80 Å². The van der Waals surface area contributed by atoms with Crippen LogP contribution in [0.1, 0.15) is 46.0 Å². The lowest BCUT2D eigenvalue weighted by Crippen LogP contribution is -2.53. The van der Waals surface area contributed by atoms with Gasteiger partial charge in [-0.25, -0.2) is 14.6 Å². The van der Waals surface area contributed by atoms with Crippen molar-refractivity contribution < 1.29 is 43.7 Å². The Labute approximate surface area is 299 Å². The number of aromatic hydroxyl groups is 2. The van der Waals surface area contributed by atoms with Crippen molar-refractivity contribution in [3.05, 3.63) is 105 Å². The van der Waals surface area contributed by atoms with Crippen LogP contribution in [0, 0.1) is 5.92 Å². The fraction of sp³-hybridized carbons (Fsp3) is 0.324. The Bertz CT molecular complexity index is 1810. The van der Waals surface area contributed by atoms with Gasteiger partial charge in [0, 0.05) is 18.5 Å². The van der Waals surface area contributed by atoms with E-state index in [1.165, 1.54) is 37.3 Å². The lowest BCUT2D eigenvalue weighted by Gasteiger charge is -2.44. The summed E-state index contributed by atoms with van der Waals surface area (Å²) in [5.41, 5.74) is 2.03. The summed E-state index contributed by atoms with van der Waals surface area (Å²) in [5, 5.41) is 22.1. The van der Waals surface area contributed by atoms with Crippen LogP contribution >= 0.6 is 23.2 Å². The number of halogens is 2. The molecule has 3 aromatic carbocycles. The number of amides is 1. The van der Waals surface area contributed by atoms with E-state index < -0.39 is 18.2 Å². The monoisotopic (exact) mass is 722 g/mol. The summed E-state index contributed by atoms with van der Waals surface area (Å²) < 4.78 is 22.9. The van der Waals surface area contributed by atoms with Crippen molar-refractivity contribution in [3.63, 3.8) is 0 Å². The third-order valence-corrected chi connectivity index (χ3v) is 9.95. The minimum Gasteiger partial charge on any atom is -0.506 e. The first-order chi connectivity index (χ1) is 24.1. The van der Waals surface area contributed by atoms with Gasteiger partial charge in [0.25, 0.3) is 0 Å². The Kier molecular flexibility index (Phi) is 10.9. The molecule has 1 amide bonds. The molecule has 13 heteroatoms. The smallest absolute Gasteiger partial charge is 0.415 e. The molecular formula is C37H38Cl2N3O8+. The second kappa shape index (κ2) is 15.5. The zero-order valence-electron chi connectivity index (χ0n) is 27.6. The number of carbonyl (C=O) groups excluding carboxylic acids is 2. The predicted octanol–water partition coefficient (Wildman–Crippen LogP) is 6.61. The van der Waals surface area contributed by atoms with Crippen LogP contribution in [0.2, 0.25) is 10.0 Å². The number of pyridine rings is 1. The number of benzene rings is 3. The summed E-state index contributed by atoms with van der Waals surface area (Å²) in [7, 11) is 3.05. The van der Waals surface area contributed by atoms with Gasteiger partial charge in [0.15, 0.2) is 23.9 Å². The molecule has 4 aromatic rings. The summed E-state index contributed by atoms with van der Waals surface area (Å²) in [5.74, 6) is 0.0944. The SMILES string of the molecule is COc1ccc([C@H](Cc2c(Cl)c[nH+]cc2Cl)OC(=O)c2ccc(CN(C(=O)O[C@H]3CN4CCC3CC4)c3c(O)cccc3O)cc2)cc1OC. The quantitative estimate of drug-likeness (QED) is 0.164. The highest BCUT2D eigenvalue weighted by Gasteiger charge is 2.38. The van der Waals surface area contributed by atoms with E-state index in [0.29, 0.717) is 44.8 Å². The van der Waals surface area contributed by atoms with Crippen LogP contribution in [0.5, 0.6) is 23.0 Å². The number of esters is 1. The van der Waals surface area contributed by atoms with Crippen molar-refractivity contribution in [2.45, 2.75) is 38.0 Å². The molecule has 3 N–H and O–H groups in total. The van der Waals surface area contributed by atoms with E-state index >= 15 is 0 Å². The number of hydrogen-bond acceptors (Lipinski definition) is 9. The highest BCUT2D eigenvalue weighted by molar-refractivity contribution is 6.35. The molecule has 0 spiro atoms. The number of methoxy groups -OCH3 is 2. The summed E-state index contributed by atoms with van der Waals surface area (Å²) in [6.45, 7) is 2.58. The van der Waals surface area contributed by atoms with Crippen LogP contribution in [0.15, 0.2) is 73.1 Å². The van der Waals surface area contributed by atoms with E-state index in [0.717, 1.165) is 25.9 Å². The number of H-pyrrole nitrogens is 1. The fourth-order valence-electron chi connectivity index (χ4n) is 6.53. The number of hydrogen-bond donors (Lipinski definition) is 2. The van der Waals surface area contributed by atoms with Crippen LogP contribution < -0.4 is 19.4 Å². The van der Waals surface area contributed by atoms with Crippen molar-refractivity contribution in [1.82, 2.24) is 4.90 Å². The third kappa shape index (κ3) is 7.70. The number of phenols is 2. The van der Waals surface area contributed by atoms with Crippen LogP contribution in [0.3, 0.4) is 0 Å². The van der Waals surface area contributed by atoms with Crippen LogP contribution in [0.4, 0.5) is 10.5 Å². The summed E-state index contributed by atoms with van der Waals surface area (Å²) in [4.78, 5) is 33.6. The molecule has 2 atom stereocenters. The summed E-state index contributed by atoms with van der Waals surface area (Å²) in [6.07, 6.45) is 3.50.